The molecule has 2 fully saturated rings. The van der Waals surface area contributed by atoms with Crippen LogP contribution in [0, 0.1) is 5.41 Å². The number of hydrogen-bond donors (Lipinski definition) is 1. The zero-order valence-electron chi connectivity index (χ0n) is 21.9. The Morgan fingerprint density at radius 3 is 2.14 bits per heavy atom. The van der Waals surface area contributed by atoms with Crippen LogP contribution in [0.1, 0.15) is 58.6 Å². The highest BCUT2D eigenvalue weighted by Gasteiger charge is 2.54. The number of piperidine rings is 1. The molecule has 1 spiro atoms. The SMILES string of the molecule is C[C@@H](NC(=O)CN1CN(c2ccccc2)C2(CCN(C(=O)CC(C)(C)C)CC2)C1=O)c1ccccc1. The number of benzene rings is 2. The van der Waals surface area contributed by atoms with Crippen LogP contribution in [-0.2, 0) is 14.4 Å². The van der Waals surface area contributed by atoms with Gasteiger partial charge in [-0.05, 0) is 42.9 Å². The van der Waals surface area contributed by atoms with Crippen LogP contribution in [0.25, 0.3) is 0 Å². The van der Waals surface area contributed by atoms with Crippen LogP contribution in [0.4, 0.5) is 5.69 Å². The van der Waals surface area contributed by atoms with E-state index in [-0.39, 0.29) is 35.7 Å². The minimum Gasteiger partial charge on any atom is -0.348 e. The average Bonchev–Trinajstić information content (AvgIpc) is 3.10. The Balaban J connectivity index is 1.48. The van der Waals surface area contributed by atoms with Crippen molar-refractivity contribution in [2.45, 2.75) is 58.5 Å². The fourth-order valence-corrected chi connectivity index (χ4v) is 5.30. The summed E-state index contributed by atoms with van der Waals surface area (Å²) in [5, 5.41) is 3.03. The number of hydrogen-bond acceptors (Lipinski definition) is 4. The molecule has 2 aliphatic heterocycles. The molecule has 0 bridgehead atoms. The minimum atomic E-state index is -0.745. The van der Waals surface area contributed by atoms with Crippen LogP contribution in [0.3, 0.4) is 0 Å². The molecule has 0 unspecified atom stereocenters. The topological polar surface area (TPSA) is 73.0 Å². The smallest absolute Gasteiger partial charge is 0.250 e. The van der Waals surface area contributed by atoms with Crippen molar-refractivity contribution in [3.63, 3.8) is 0 Å². The van der Waals surface area contributed by atoms with Gasteiger partial charge in [-0.25, -0.2) is 0 Å². The average molecular weight is 491 g/mol. The highest BCUT2D eigenvalue weighted by molar-refractivity contribution is 5.96. The van der Waals surface area contributed by atoms with E-state index in [4.69, 9.17) is 0 Å². The summed E-state index contributed by atoms with van der Waals surface area (Å²) in [7, 11) is 0. The van der Waals surface area contributed by atoms with Gasteiger partial charge in [0.25, 0.3) is 5.91 Å². The number of likely N-dealkylation sites (tertiary alicyclic amines) is 1. The summed E-state index contributed by atoms with van der Waals surface area (Å²) in [6.45, 7) is 9.57. The Morgan fingerprint density at radius 2 is 1.56 bits per heavy atom. The van der Waals surface area contributed by atoms with Gasteiger partial charge in [-0.15, -0.1) is 0 Å². The number of nitrogens with zero attached hydrogens (tertiary/aromatic N) is 3. The van der Waals surface area contributed by atoms with Crippen molar-refractivity contribution >= 4 is 23.4 Å². The summed E-state index contributed by atoms with van der Waals surface area (Å²) in [5.74, 6) is -0.0699. The zero-order valence-corrected chi connectivity index (χ0v) is 21.9. The standard InChI is InChI=1S/C29H38N4O3/c1-22(23-11-7-5-8-12-23)30-25(34)20-32-21-33(24-13-9-6-10-14-24)29(27(32)36)15-17-31(18-16-29)26(35)19-28(2,3)4/h5-14,22H,15-21H2,1-4H3,(H,30,34)/t22-/m1/s1. The third kappa shape index (κ3) is 5.55. The van der Waals surface area contributed by atoms with Crippen molar-refractivity contribution in [1.82, 2.24) is 15.1 Å². The Kier molecular flexibility index (Phi) is 7.38. The van der Waals surface area contributed by atoms with Crippen molar-refractivity contribution in [1.29, 1.82) is 0 Å². The molecule has 0 aromatic heterocycles. The van der Waals surface area contributed by atoms with Crippen LogP contribution >= 0.6 is 0 Å². The Labute approximate surface area is 214 Å². The van der Waals surface area contributed by atoms with E-state index in [1.54, 1.807) is 4.90 Å². The molecule has 0 radical (unpaired) electrons. The van der Waals surface area contributed by atoms with Crippen molar-refractivity contribution < 1.29 is 14.4 Å². The van der Waals surface area contributed by atoms with E-state index < -0.39 is 5.54 Å². The van der Waals surface area contributed by atoms with Gasteiger partial charge in [0, 0.05) is 25.2 Å². The lowest BCUT2D eigenvalue weighted by Crippen LogP contribution is -2.57. The third-order valence-electron chi connectivity index (χ3n) is 7.22. The Morgan fingerprint density at radius 1 is 0.972 bits per heavy atom. The lowest BCUT2D eigenvalue weighted by atomic mass is 9.84. The summed E-state index contributed by atoms with van der Waals surface area (Å²) in [5.41, 5.74) is 1.16. The molecule has 2 heterocycles. The number of rotatable bonds is 6. The van der Waals surface area contributed by atoms with Gasteiger partial charge in [0.05, 0.1) is 12.7 Å². The van der Waals surface area contributed by atoms with Crippen molar-refractivity contribution in [3.05, 3.63) is 66.2 Å². The molecule has 3 amide bonds. The number of nitrogens with one attached hydrogen (secondary N) is 1. The molecule has 2 aromatic rings. The number of carbonyl (C=O) groups is 3. The highest BCUT2D eigenvalue weighted by Crippen LogP contribution is 2.39. The second kappa shape index (κ2) is 10.3. The molecule has 36 heavy (non-hydrogen) atoms. The van der Waals surface area contributed by atoms with Gasteiger partial charge in [-0.1, -0.05) is 69.3 Å². The van der Waals surface area contributed by atoms with Gasteiger partial charge in [0.2, 0.25) is 11.8 Å². The fourth-order valence-electron chi connectivity index (χ4n) is 5.30. The Hall–Kier alpha value is -3.35. The first-order chi connectivity index (χ1) is 17.1. The van der Waals surface area contributed by atoms with Crippen LogP contribution in [0.5, 0.6) is 0 Å². The van der Waals surface area contributed by atoms with E-state index in [2.05, 4.69) is 31.0 Å². The van der Waals surface area contributed by atoms with E-state index in [1.165, 1.54) is 0 Å². The molecule has 2 saturated heterocycles. The first-order valence-electron chi connectivity index (χ1n) is 12.8. The van der Waals surface area contributed by atoms with Crippen molar-refractivity contribution in [2.75, 3.05) is 31.2 Å². The fraction of sp³-hybridized carbons (Fsp3) is 0.483. The summed E-state index contributed by atoms with van der Waals surface area (Å²) in [4.78, 5) is 45.3. The minimum absolute atomic E-state index is 0.00770. The maximum Gasteiger partial charge on any atom is 0.250 e. The van der Waals surface area contributed by atoms with Gasteiger partial charge in [-0.2, -0.15) is 0 Å². The summed E-state index contributed by atoms with van der Waals surface area (Å²) < 4.78 is 0. The molecule has 2 aromatic carbocycles. The van der Waals surface area contributed by atoms with E-state index in [9.17, 15) is 14.4 Å². The third-order valence-corrected chi connectivity index (χ3v) is 7.22. The summed E-state index contributed by atoms with van der Waals surface area (Å²) in [6.07, 6.45) is 1.59. The first kappa shape index (κ1) is 25.7. The second-order valence-electron chi connectivity index (χ2n) is 11.3. The van der Waals surface area contributed by atoms with Gasteiger partial charge >= 0.3 is 0 Å². The van der Waals surface area contributed by atoms with E-state index in [0.29, 0.717) is 39.0 Å². The summed E-state index contributed by atoms with van der Waals surface area (Å²) >= 11 is 0. The van der Waals surface area contributed by atoms with Crippen molar-refractivity contribution in [2.24, 2.45) is 5.41 Å². The second-order valence-corrected chi connectivity index (χ2v) is 11.3. The van der Waals surface area contributed by atoms with Crippen LogP contribution in [-0.4, -0.2) is 59.4 Å². The maximum absolute atomic E-state index is 13.9. The predicted octanol–water partition coefficient (Wildman–Crippen LogP) is 3.97. The van der Waals surface area contributed by atoms with Crippen molar-refractivity contribution in [3.8, 4) is 0 Å². The zero-order chi connectivity index (χ0) is 25.9. The summed E-state index contributed by atoms with van der Waals surface area (Å²) in [6, 6.07) is 19.6. The van der Waals surface area contributed by atoms with E-state index in [0.717, 1.165) is 11.3 Å². The highest BCUT2D eigenvalue weighted by atomic mass is 16.2. The molecule has 0 aliphatic carbocycles. The quantitative estimate of drug-likeness (QED) is 0.665. The molecule has 1 atom stereocenters. The molecule has 7 nitrogen and oxygen atoms in total. The number of anilines is 1. The van der Waals surface area contributed by atoms with Gasteiger partial charge in [-0.3, -0.25) is 14.4 Å². The lowest BCUT2D eigenvalue weighted by Gasteiger charge is -2.43. The molecule has 0 saturated carbocycles. The number of amides is 3. The number of carbonyl (C=O) groups excluding carboxylic acids is 3. The molecular formula is C29H38N4O3. The largest absolute Gasteiger partial charge is 0.348 e. The van der Waals surface area contributed by atoms with Crippen LogP contribution in [0.2, 0.25) is 0 Å². The first-order valence-corrected chi connectivity index (χ1v) is 12.8. The lowest BCUT2D eigenvalue weighted by molar-refractivity contribution is -0.140. The van der Waals surface area contributed by atoms with E-state index in [1.807, 2.05) is 72.5 Å². The molecule has 4 rings (SSSR count). The van der Waals surface area contributed by atoms with Crippen LogP contribution in [0.15, 0.2) is 60.7 Å². The predicted molar refractivity (Wildman–Crippen MR) is 141 cm³/mol. The van der Waals surface area contributed by atoms with Crippen LogP contribution < -0.4 is 10.2 Å². The van der Waals surface area contributed by atoms with Gasteiger partial charge in [0.1, 0.15) is 12.1 Å². The van der Waals surface area contributed by atoms with Gasteiger partial charge < -0.3 is 20.0 Å². The Bertz CT molecular complexity index is 1070. The normalized spacial score (nSPS) is 18.4. The molecule has 1 N–H and O–H groups in total. The monoisotopic (exact) mass is 490 g/mol. The van der Waals surface area contributed by atoms with E-state index >= 15 is 0 Å². The molecule has 2 aliphatic rings. The molecule has 192 valence electrons. The van der Waals surface area contributed by atoms with Gasteiger partial charge in [0.15, 0.2) is 0 Å². The maximum atomic E-state index is 13.9. The molecule has 7 heteroatoms. The molecular weight excluding hydrogens is 452 g/mol. The number of para-hydroxylation sites is 1.